The number of hydrogen-bond acceptors (Lipinski definition) is 3. The molecule has 0 spiro atoms. The molecule has 0 aliphatic carbocycles. The molecule has 3 nitrogen and oxygen atoms in total. The first kappa shape index (κ1) is 15.4. The maximum absolute atomic E-state index is 14.1. The van der Waals surface area contributed by atoms with Crippen molar-refractivity contribution < 1.29 is 13.5 Å². The summed E-state index contributed by atoms with van der Waals surface area (Å²) in [7, 11) is 1.42. The molecule has 3 N–H and O–H groups in total. The van der Waals surface area contributed by atoms with E-state index < -0.39 is 0 Å². The highest BCUT2D eigenvalue weighted by Gasteiger charge is 2.14. The highest BCUT2D eigenvalue weighted by Crippen LogP contribution is 2.21. The van der Waals surface area contributed by atoms with Crippen LogP contribution in [0, 0.1) is 11.6 Å². The molecule has 0 aromatic heterocycles. The number of hydrogen-bond donors (Lipinski definition) is 2. The summed E-state index contributed by atoms with van der Waals surface area (Å²) < 4.78 is 32.3. The number of nitrogens with one attached hydrogen (secondary N) is 1. The summed E-state index contributed by atoms with van der Waals surface area (Å²) in [5.74, 6) is 5.05. The van der Waals surface area contributed by atoms with E-state index in [1.165, 1.54) is 19.2 Å². The first-order valence-corrected chi connectivity index (χ1v) is 6.66. The van der Waals surface area contributed by atoms with Crippen LogP contribution in [0.5, 0.6) is 5.75 Å². The van der Waals surface area contributed by atoms with E-state index in [0.29, 0.717) is 18.4 Å². The minimum absolute atomic E-state index is 0.201. The van der Waals surface area contributed by atoms with Crippen LogP contribution in [0.15, 0.2) is 42.5 Å². The monoisotopic (exact) mass is 292 g/mol. The van der Waals surface area contributed by atoms with Gasteiger partial charge in [0.15, 0.2) is 11.6 Å². The third-order valence-corrected chi connectivity index (χ3v) is 3.34. The first-order chi connectivity index (χ1) is 10.1. The van der Waals surface area contributed by atoms with E-state index in [4.69, 9.17) is 10.6 Å². The lowest BCUT2D eigenvalue weighted by atomic mass is 9.99. The molecular weight excluding hydrogens is 274 g/mol. The predicted molar refractivity (Wildman–Crippen MR) is 77.9 cm³/mol. The molecule has 0 amide bonds. The van der Waals surface area contributed by atoms with Crippen LogP contribution < -0.4 is 16.0 Å². The van der Waals surface area contributed by atoms with Gasteiger partial charge in [-0.15, -0.1) is 0 Å². The third-order valence-electron chi connectivity index (χ3n) is 3.34. The molecule has 0 bridgehead atoms. The second-order valence-electron chi connectivity index (χ2n) is 4.84. The molecule has 1 unspecified atom stereocenters. The van der Waals surface area contributed by atoms with Crippen LogP contribution in [-0.4, -0.2) is 13.2 Å². The van der Waals surface area contributed by atoms with Crippen molar-refractivity contribution in [1.82, 2.24) is 5.43 Å². The Morgan fingerprint density at radius 3 is 2.57 bits per heavy atom. The molecule has 0 aliphatic rings. The minimum atomic E-state index is -0.389. The van der Waals surface area contributed by atoms with Crippen molar-refractivity contribution in [3.05, 3.63) is 65.2 Å². The van der Waals surface area contributed by atoms with Gasteiger partial charge in [0.05, 0.1) is 7.11 Å². The summed E-state index contributed by atoms with van der Waals surface area (Å²) >= 11 is 0. The van der Waals surface area contributed by atoms with E-state index in [-0.39, 0.29) is 23.4 Å². The zero-order valence-electron chi connectivity index (χ0n) is 11.8. The second kappa shape index (κ2) is 7.15. The molecule has 0 saturated carbocycles. The van der Waals surface area contributed by atoms with Crippen LogP contribution in [0.25, 0.3) is 0 Å². The van der Waals surface area contributed by atoms with Gasteiger partial charge >= 0.3 is 0 Å². The Kier molecular flexibility index (Phi) is 5.25. The van der Waals surface area contributed by atoms with Gasteiger partial charge in [-0.25, -0.2) is 8.78 Å². The summed E-state index contributed by atoms with van der Waals surface area (Å²) in [6.45, 7) is 0. The fourth-order valence-electron chi connectivity index (χ4n) is 2.28. The van der Waals surface area contributed by atoms with Crippen molar-refractivity contribution in [1.29, 1.82) is 0 Å². The molecule has 112 valence electrons. The average molecular weight is 292 g/mol. The summed E-state index contributed by atoms with van der Waals surface area (Å²) in [5, 5.41) is 0. The number of halogens is 2. The first-order valence-electron chi connectivity index (χ1n) is 6.66. The Hall–Kier alpha value is -1.98. The molecule has 0 aliphatic heterocycles. The van der Waals surface area contributed by atoms with E-state index in [9.17, 15) is 8.78 Å². The van der Waals surface area contributed by atoms with E-state index in [2.05, 4.69) is 5.43 Å². The fraction of sp³-hybridized carbons (Fsp3) is 0.250. The van der Waals surface area contributed by atoms with Crippen molar-refractivity contribution in [2.75, 3.05) is 7.11 Å². The van der Waals surface area contributed by atoms with Crippen LogP contribution in [0.3, 0.4) is 0 Å². The topological polar surface area (TPSA) is 47.3 Å². The number of nitrogens with two attached hydrogens (primary N) is 1. The van der Waals surface area contributed by atoms with E-state index >= 15 is 0 Å². The number of methoxy groups -OCH3 is 1. The number of hydrazine groups is 1. The molecule has 2 aromatic carbocycles. The lowest BCUT2D eigenvalue weighted by molar-refractivity contribution is 0.382. The van der Waals surface area contributed by atoms with Crippen LogP contribution in [0.1, 0.15) is 11.1 Å². The molecule has 0 radical (unpaired) electrons. The van der Waals surface area contributed by atoms with Crippen molar-refractivity contribution >= 4 is 0 Å². The van der Waals surface area contributed by atoms with Crippen LogP contribution in [0.2, 0.25) is 0 Å². The Morgan fingerprint density at radius 2 is 1.90 bits per heavy atom. The normalized spacial score (nSPS) is 12.2. The van der Waals surface area contributed by atoms with Crippen LogP contribution in [0.4, 0.5) is 8.78 Å². The van der Waals surface area contributed by atoms with E-state index in [1.807, 2.05) is 6.07 Å². The van der Waals surface area contributed by atoms with Gasteiger partial charge in [0.2, 0.25) is 0 Å². The van der Waals surface area contributed by atoms with Crippen molar-refractivity contribution in [2.45, 2.75) is 18.9 Å². The van der Waals surface area contributed by atoms with Gasteiger partial charge in [-0.05, 0) is 42.2 Å². The molecule has 0 fully saturated rings. The Morgan fingerprint density at radius 1 is 1.14 bits per heavy atom. The Balaban J connectivity index is 2.12. The highest BCUT2D eigenvalue weighted by molar-refractivity contribution is 5.32. The van der Waals surface area contributed by atoms with Crippen molar-refractivity contribution in [3.8, 4) is 5.75 Å². The molecule has 2 rings (SSSR count). The summed E-state index contributed by atoms with van der Waals surface area (Å²) in [4.78, 5) is 0. The number of rotatable bonds is 6. The second-order valence-corrected chi connectivity index (χ2v) is 4.84. The minimum Gasteiger partial charge on any atom is -0.494 e. The van der Waals surface area contributed by atoms with Gasteiger partial charge in [0.1, 0.15) is 5.82 Å². The molecule has 2 aromatic rings. The summed E-state index contributed by atoms with van der Waals surface area (Å²) in [6.07, 6.45) is 0.890. The van der Waals surface area contributed by atoms with Gasteiger partial charge in [-0.2, -0.15) is 0 Å². The lowest BCUT2D eigenvalue weighted by Gasteiger charge is -2.17. The smallest absolute Gasteiger partial charge is 0.168 e. The maximum Gasteiger partial charge on any atom is 0.168 e. The largest absolute Gasteiger partial charge is 0.494 e. The van der Waals surface area contributed by atoms with Gasteiger partial charge < -0.3 is 4.74 Å². The molecule has 5 heteroatoms. The zero-order chi connectivity index (χ0) is 15.2. The lowest BCUT2D eigenvalue weighted by Crippen LogP contribution is -2.38. The maximum atomic E-state index is 14.1. The predicted octanol–water partition coefficient (Wildman–Crippen LogP) is 2.59. The molecule has 21 heavy (non-hydrogen) atoms. The van der Waals surface area contributed by atoms with Gasteiger partial charge in [0.25, 0.3) is 0 Å². The standard InChI is InChI=1S/C16H18F2N2O/c1-21-15-7-3-5-12(16(15)18)10-14(20-19)9-11-4-2-6-13(17)8-11/h2-8,14,20H,9-10,19H2,1H3. The molecule has 1 atom stereocenters. The Bertz CT molecular complexity index is 605. The van der Waals surface area contributed by atoms with Crippen molar-refractivity contribution in [3.63, 3.8) is 0 Å². The van der Waals surface area contributed by atoms with E-state index in [1.54, 1.807) is 24.3 Å². The highest BCUT2D eigenvalue weighted by atomic mass is 19.1. The SMILES string of the molecule is COc1cccc(CC(Cc2cccc(F)c2)NN)c1F. The molecular formula is C16H18F2N2O. The molecule has 0 saturated heterocycles. The third kappa shape index (κ3) is 4.00. The molecule has 0 heterocycles. The Labute approximate surface area is 122 Å². The average Bonchev–Trinajstić information content (AvgIpc) is 2.48. The number of ether oxygens (including phenoxy) is 1. The zero-order valence-corrected chi connectivity index (χ0v) is 11.8. The van der Waals surface area contributed by atoms with Gasteiger partial charge in [-0.1, -0.05) is 24.3 Å². The summed E-state index contributed by atoms with van der Waals surface area (Å²) in [6, 6.07) is 11.1. The van der Waals surface area contributed by atoms with Crippen molar-refractivity contribution in [2.24, 2.45) is 5.84 Å². The van der Waals surface area contributed by atoms with Gasteiger partial charge in [-0.3, -0.25) is 11.3 Å². The number of benzene rings is 2. The van der Waals surface area contributed by atoms with E-state index in [0.717, 1.165) is 5.56 Å². The summed E-state index contributed by atoms with van der Waals surface area (Å²) in [5.41, 5.74) is 3.97. The van der Waals surface area contributed by atoms with Crippen LogP contribution >= 0.6 is 0 Å². The fourth-order valence-corrected chi connectivity index (χ4v) is 2.28. The quantitative estimate of drug-likeness (QED) is 0.635. The van der Waals surface area contributed by atoms with Crippen LogP contribution in [-0.2, 0) is 12.8 Å². The van der Waals surface area contributed by atoms with Gasteiger partial charge in [0, 0.05) is 6.04 Å².